The third-order valence-electron chi connectivity index (χ3n) is 6.00. The zero-order valence-corrected chi connectivity index (χ0v) is 16.6. The number of aromatic amines is 1. The van der Waals surface area contributed by atoms with E-state index in [4.69, 9.17) is 4.74 Å². The van der Waals surface area contributed by atoms with Crippen LogP contribution in [-0.2, 0) is 6.18 Å². The van der Waals surface area contributed by atoms with E-state index < -0.39 is 11.9 Å². The van der Waals surface area contributed by atoms with Crippen LogP contribution in [0.4, 0.5) is 13.2 Å². The fourth-order valence-corrected chi connectivity index (χ4v) is 4.51. The fraction of sp³-hybridized carbons (Fsp3) is 0.364. The normalized spacial score (nSPS) is 22.0. The molecule has 1 amide bonds. The van der Waals surface area contributed by atoms with Crippen LogP contribution < -0.4 is 4.74 Å². The molecule has 0 spiro atoms. The van der Waals surface area contributed by atoms with Gasteiger partial charge in [-0.05, 0) is 35.7 Å². The van der Waals surface area contributed by atoms with Gasteiger partial charge in [-0.15, -0.1) is 0 Å². The summed E-state index contributed by atoms with van der Waals surface area (Å²) in [7, 11) is 0. The second kappa shape index (κ2) is 7.56. The zero-order chi connectivity index (χ0) is 21.6. The monoisotopic (exact) mass is 430 g/mol. The van der Waals surface area contributed by atoms with Crippen molar-refractivity contribution in [2.45, 2.75) is 24.7 Å². The van der Waals surface area contributed by atoms with Crippen molar-refractivity contribution in [1.82, 2.24) is 19.8 Å². The maximum atomic E-state index is 13.2. The highest BCUT2D eigenvalue weighted by molar-refractivity contribution is 5.98. The Bertz CT molecular complexity index is 1110. The summed E-state index contributed by atoms with van der Waals surface area (Å²) in [4.78, 5) is 23.6. The molecule has 2 atom stereocenters. The molecule has 6 nitrogen and oxygen atoms in total. The summed E-state index contributed by atoms with van der Waals surface area (Å²) in [6, 6.07) is 10.4. The maximum absolute atomic E-state index is 13.2. The summed E-state index contributed by atoms with van der Waals surface area (Å²) in [5, 5.41) is 1.05. The summed E-state index contributed by atoms with van der Waals surface area (Å²) in [5.74, 6) is -0.279. The van der Waals surface area contributed by atoms with Gasteiger partial charge in [0.05, 0.1) is 0 Å². The summed E-state index contributed by atoms with van der Waals surface area (Å²) in [5.41, 5.74) is 0.534. The van der Waals surface area contributed by atoms with Crippen LogP contribution in [0.2, 0.25) is 0 Å². The molecule has 0 radical (unpaired) electrons. The molecule has 2 aliphatic rings. The van der Waals surface area contributed by atoms with E-state index in [-0.39, 0.29) is 23.8 Å². The van der Waals surface area contributed by atoms with E-state index in [9.17, 15) is 18.0 Å². The number of H-pyrrole nitrogens is 1. The largest absolute Gasteiger partial charge is 0.487 e. The van der Waals surface area contributed by atoms with E-state index in [2.05, 4.69) is 14.9 Å². The lowest BCUT2D eigenvalue weighted by molar-refractivity contribution is -0.142. The minimum atomic E-state index is -4.56. The molecule has 1 N–H and O–H groups in total. The lowest BCUT2D eigenvalue weighted by Crippen LogP contribution is -2.52. The number of halogens is 3. The van der Waals surface area contributed by atoms with Gasteiger partial charge in [0.25, 0.3) is 5.91 Å². The number of pyridine rings is 1. The number of carbonyl (C=O) groups is 1. The number of carbonyl (C=O) groups excluding carboxylic acids is 1. The smallest absolute Gasteiger partial charge is 0.437 e. The number of ether oxygens (including phenoxy) is 1. The number of aromatic nitrogens is 2. The molecule has 162 valence electrons. The van der Waals surface area contributed by atoms with Crippen molar-refractivity contribution in [2.75, 3.05) is 26.2 Å². The SMILES string of the molecule is O=C(c1ccc2cc[nH]c2c1)N1CCN2C[C@H](Oc3cccnc3C(F)(F)F)C[C@H]2C1. The van der Waals surface area contributed by atoms with Crippen LogP contribution in [0, 0.1) is 0 Å². The minimum Gasteiger partial charge on any atom is -0.487 e. The van der Waals surface area contributed by atoms with Gasteiger partial charge in [0.2, 0.25) is 0 Å². The molecule has 2 saturated heterocycles. The highest BCUT2D eigenvalue weighted by atomic mass is 19.4. The number of piperazine rings is 1. The highest BCUT2D eigenvalue weighted by Crippen LogP contribution is 2.36. The predicted octanol–water partition coefficient (Wildman–Crippen LogP) is 3.56. The maximum Gasteiger partial charge on any atom is 0.437 e. The summed E-state index contributed by atoms with van der Waals surface area (Å²) in [6.07, 6.45) is -1.43. The lowest BCUT2D eigenvalue weighted by atomic mass is 10.1. The standard InChI is InChI=1S/C22H21F3N4O2/c23-22(24,25)20-19(2-1-6-27-20)31-17-11-16-12-29(9-8-28(16)13-17)21(30)15-4-3-14-5-7-26-18(14)10-15/h1-7,10,16-17,26H,8-9,11-13H2/t16-,17+/m0/s1. The topological polar surface area (TPSA) is 61.5 Å². The first-order valence-electron chi connectivity index (χ1n) is 10.2. The molecule has 4 heterocycles. The number of hydrogen-bond donors (Lipinski definition) is 1. The molecule has 0 aliphatic carbocycles. The summed E-state index contributed by atoms with van der Waals surface area (Å²) >= 11 is 0. The Balaban J connectivity index is 1.26. The van der Waals surface area contributed by atoms with Crippen LogP contribution in [0.15, 0.2) is 48.8 Å². The number of benzene rings is 1. The Hall–Kier alpha value is -3.07. The van der Waals surface area contributed by atoms with Crippen molar-refractivity contribution in [3.63, 3.8) is 0 Å². The number of rotatable bonds is 3. The molecule has 31 heavy (non-hydrogen) atoms. The van der Waals surface area contributed by atoms with E-state index in [1.54, 1.807) is 0 Å². The molecule has 0 saturated carbocycles. The van der Waals surface area contributed by atoms with Gasteiger partial charge in [-0.25, -0.2) is 4.98 Å². The van der Waals surface area contributed by atoms with E-state index in [1.807, 2.05) is 35.4 Å². The van der Waals surface area contributed by atoms with Crippen molar-refractivity contribution in [3.05, 3.63) is 60.0 Å². The van der Waals surface area contributed by atoms with Gasteiger partial charge in [0.15, 0.2) is 11.4 Å². The Morgan fingerprint density at radius 1 is 1.16 bits per heavy atom. The molecule has 2 aliphatic heterocycles. The van der Waals surface area contributed by atoms with Gasteiger partial charge in [0.1, 0.15) is 6.10 Å². The molecule has 0 unspecified atom stereocenters. The number of nitrogens with one attached hydrogen (secondary N) is 1. The van der Waals surface area contributed by atoms with Crippen LogP contribution in [0.25, 0.3) is 10.9 Å². The summed E-state index contributed by atoms with van der Waals surface area (Å²) < 4.78 is 45.3. The molecule has 1 aromatic carbocycles. The number of nitrogens with zero attached hydrogens (tertiary/aromatic N) is 3. The quantitative estimate of drug-likeness (QED) is 0.690. The molecule has 3 aromatic rings. The fourth-order valence-electron chi connectivity index (χ4n) is 4.51. The van der Waals surface area contributed by atoms with Gasteiger partial charge in [0, 0.05) is 62.1 Å². The van der Waals surface area contributed by atoms with Gasteiger partial charge >= 0.3 is 6.18 Å². The van der Waals surface area contributed by atoms with Crippen molar-refractivity contribution >= 4 is 16.8 Å². The third kappa shape index (κ3) is 3.85. The predicted molar refractivity (Wildman–Crippen MR) is 108 cm³/mol. The van der Waals surface area contributed by atoms with Crippen molar-refractivity contribution in [1.29, 1.82) is 0 Å². The lowest BCUT2D eigenvalue weighted by Gasteiger charge is -2.37. The van der Waals surface area contributed by atoms with E-state index in [0.717, 1.165) is 17.1 Å². The zero-order valence-electron chi connectivity index (χ0n) is 16.6. The Morgan fingerprint density at radius 3 is 2.87 bits per heavy atom. The van der Waals surface area contributed by atoms with E-state index in [0.29, 0.717) is 38.2 Å². The molecule has 0 bridgehead atoms. The Labute approximate surface area is 176 Å². The third-order valence-corrected chi connectivity index (χ3v) is 6.00. The number of alkyl halides is 3. The van der Waals surface area contributed by atoms with Gasteiger partial charge in [-0.1, -0.05) is 6.07 Å². The highest BCUT2D eigenvalue weighted by Gasteiger charge is 2.41. The van der Waals surface area contributed by atoms with E-state index in [1.165, 1.54) is 12.1 Å². The van der Waals surface area contributed by atoms with Crippen molar-refractivity contribution in [3.8, 4) is 5.75 Å². The first-order chi connectivity index (χ1) is 14.9. The molecule has 9 heteroatoms. The van der Waals surface area contributed by atoms with Gasteiger partial charge in [-0.3, -0.25) is 9.69 Å². The average Bonchev–Trinajstić information content (AvgIpc) is 3.37. The molecule has 2 aromatic heterocycles. The van der Waals surface area contributed by atoms with E-state index >= 15 is 0 Å². The van der Waals surface area contributed by atoms with Crippen LogP contribution >= 0.6 is 0 Å². The molecular weight excluding hydrogens is 409 g/mol. The number of hydrogen-bond acceptors (Lipinski definition) is 4. The van der Waals surface area contributed by atoms with Crippen LogP contribution in [-0.4, -0.2) is 64.0 Å². The average molecular weight is 430 g/mol. The molecule has 2 fully saturated rings. The molecule has 5 rings (SSSR count). The second-order valence-electron chi connectivity index (χ2n) is 8.00. The summed E-state index contributed by atoms with van der Waals surface area (Å²) in [6.45, 7) is 2.31. The number of fused-ring (bicyclic) bond motifs is 2. The second-order valence-corrected chi connectivity index (χ2v) is 8.00. The van der Waals surface area contributed by atoms with Crippen molar-refractivity contribution in [2.24, 2.45) is 0 Å². The molecular formula is C22H21F3N4O2. The Kier molecular flexibility index (Phi) is 4.85. The van der Waals surface area contributed by atoms with Crippen LogP contribution in [0.3, 0.4) is 0 Å². The first-order valence-corrected chi connectivity index (χ1v) is 10.2. The van der Waals surface area contributed by atoms with Crippen molar-refractivity contribution < 1.29 is 22.7 Å². The minimum absolute atomic E-state index is 0.0351. The number of amides is 1. The first kappa shape index (κ1) is 19.9. The van der Waals surface area contributed by atoms with Gasteiger partial charge in [-0.2, -0.15) is 13.2 Å². The van der Waals surface area contributed by atoms with Crippen LogP contribution in [0.1, 0.15) is 22.5 Å². The Morgan fingerprint density at radius 2 is 2.03 bits per heavy atom. The van der Waals surface area contributed by atoms with Gasteiger partial charge < -0.3 is 14.6 Å². The van der Waals surface area contributed by atoms with Crippen LogP contribution in [0.5, 0.6) is 5.75 Å².